The van der Waals surface area contributed by atoms with Gasteiger partial charge in [-0.25, -0.2) is 0 Å². The molecule has 0 aromatic heterocycles. The number of benzene rings is 3. The van der Waals surface area contributed by atoms with Gasteiger partial charge < -0.3 is 20.3 Å². The van der Waals surface area contributed by atoms with Gasteiger partial charge in [-0.2, -0.15) is 0 Å². The summed E-state index contributed by atoms with van der Waals surface area (Å²) in [6.07, 6.45) is 0.856. The van der Waals surface area contributed by atoms with Gasteiger partial charge in [-0.1, -0.05) is 40.2 Å². The third-order valence-electron chi connectivity index (χ3n) is 5.80. The van der Waals surface area contributed by atoms with Crippen LogP contribution < -0.4 is 15.5 Å². The number of alkyl halides is 1. The number of hydrogen-bond donors (Lipinski definition) is 2. The number of nitrogens with one attached hydrogen (secondary N) is 2. The van der Waals surface area contributed by atoms with Crippen LogP contribution in [-0.4, -0.2) is 43.4 Å². The van der Waals surface area contributed by atoms with E-state index in [0.29, 0.717) is 35.7 Å². The minimum absolute atomic E-state index is 0.179. The lowest BCUT2D eigenvalue weighted by molar-refractivity contribution is 0.101. The van der Waals surface area contributed by atoms with Gasteiger partial charge in [0, 0.05) is 46.6 Å². The molecule has 0 bridgehead atoms. The van der Waals surface area contributed by atoms with Crippen LogP contribution in [0.25, 0.3) is 0 Å². The molecule has 2 amide bonds. The molecule has 1 heterocycles. The Morgan fingerprint density at radius 1 is 0.912 bits per heavy atom. The maximum Gasteiger partial charge on any atom is 0.255 e. The number of rotatable bonds is 7. The van der Waals surface area contributed by atoms with Crippen LogP contribution in [0.15, 0.2) is 66.7 Å². The van der Waals surface area contributed by atoms with Gasteiger partial charge in [0.25, 0.3) is 11.8 Å². The number of carbonyl (C=O) groups is 2. The highest BCUT2D eigenvalue weighted by molar-refractivity contribution is 9.09. The van der Waals surface area contributed by atoms with E-state index in [2.05, 4.69) is 31.5 Å². The molecule has 6 nitrogen and oxygen atoms in total. The zero-order valence-electron chi connectivity index (χ0n) is 19.1. The molecule has 0 spiro atoms. The molecule has 176 valence electrons. The first-order valence-electron chi connectivity index (χ1n) is 11.3. The average Bonchev–Trinajstić information content (AvgIpc) is 2.87. The fourth-order valence-electron chi connectivity index (χ4n) is 3.87. The number of aryl methyl sites for hydroxylation is 2. The predicted octanol–water partition coefficient (Wildman–Crippen LogP) is 5.27. The van der Waals surface area contributed by atoms with E-state index in [1.165, 1.54) is 0 Å². The number of ether oxygens (including phenoxy) is 1. The van der Waals surface area contributed by atoms with Crippen LogP contribution in [0.5, 0.6) is 0 Å². The van der Waals surface area contributed by atoms with Gasteiger partial charge in [0.15, 0.2) is 0 Å². The number of morpholine rings is 1. The third kappa shape index (κ3) is 6.04. The van der Waals surface area contributed by atoms with Crippen molar-refractivity contribution in [1.82, 2.24) is 0 Å². The van der Waals surface area contributed by atoms with Crippen LogP contribution in [0.1, 0.15) is 31.8 Å². The number of nitrogens with zero attached hydrogens (tertiary/aromatic N) is 1. The standard InChI is InChI=1S/C27H28BrN3O3/c1-19-8-9-23(18-25(19)30-27(33)21-5-2-4-20(16-21)10-11-28)29-26(32)22-6-3-7-24(17-22)31-12-14-34-15-13-31/h2-9,16-18H,10-15H2,1H3,(H,29,32)(H,30,33). The second-order valence-electron chi connectivity index (χ2n) is 8.23. The molecule has 1 saturated heterocycles. The Morgan fingerprint density at radius 3 is 2.38 bits per heavy atom. The van der Waals surface area contributed by atoms with Gasteiger partial charge in [0.05, 0.1) is 13.2 Å². The quantitative estimate of drug-likeness (QED) is 0.415. The summed E-state index contributed by atoms with van der Waals surface area (Å²) in [5.41, 5.74) is 5.49. The summed E-state index contributed by atoms with van der Waals surface area (Å²) < 4.78 is 5.42. The minimum atomic E-state index is -0.196. The molecule has 4 rings (SSSR count). The van der Waals surface area contributed by atoms with Gasteiger partial charge in [-0.15, -0.1) is 0 Å². The van der Waals surface area contributed by atoms with Gasteiger partial charge in [0.1, 0.15) is 0 Å². The lowest BCUT2D eigenvalue weighted by atomic mass is 10.1. The van der Waals surface area contributed by atoms with Crippen molar-refractivity contribution in [2.45, 2.75) is 13.3 Å². The smallest absolute Gasteiger partial charge is 0.255 e. The monoisotopic (exact) mass is 521 g/mol. The van der Waals surface area contributed by atoms with Crippen molar-refractivity contribution in [3.8, 4) is 0 Å². The molecule has 1 fully saturated rings. The van der Waals surface area contributed by atoms with Crippen molar-refractivity contribution in [2.24, 2.45) is 0 Å². The van der Waals surface area contributed by atoms with E-state index in [1.54, 1.807) is 18.2 Å². The van der Waals surface area contributed by atoms with Crippen LogP contribution >= 0.6 is 15.9 Å². The second kappa shape index (κ2) is 11.3. The molecule has 3 aromatic rings. The molecule has 1 aliphatic rings. The van der Waals surface area contributed by atoms with E-state index in [1.807, 2.05) is 55.5 Å². The maximum absolute atomic E-state index is 12.9. The Kier molecular flexibility index (Phi) is 7.98. The highest BCUT2D eigenvalue weighted by Gasteiger charge is 2.15. The molecule has 0 aliphatic carbocycles. The number of carbonyl (C=O) groups excluding carboxylic acids is 2. The molecule has 0 saturated carbocycles. The third-order valence-corrected chi connectivity index (χ3v) is 6.20. The first kappa shape index (κ1) is 24.0. The van der Waals surface area contributed by atoms with E-state index in [4.69, 9.17) is 4.74 Å². The van der Waals surface area contributed by atoms with Crippen molar-refractivity contribution in [1.29, 1.82) is 0 Å². The zero-order valence-corrected chi connectivity index (χ0v) is 20.7. The topological polar surface area (TPSA) is 70.7 Å². The first-order valence-corrected chi connectivity index (χ1v) is 12.5. The number of amides is 2. The Morgan fingerprint density at radius 2 is 1.62 bits per heavy atom. The van der Waals surface area contributed by atoms with Gasteiger partial charge in [-0.3, -0.25) is 9.59 Å². The highest BCUT2D eigenvalue weighted by atomic mass is 79.9. The van der Waals surface area contributed by atoms with Crippen LogP contribution in [0.2, 0.25) is 0 Å². The summed E-state index contributed by atoms with van der Waals surface area (Å²) in [5, 5.41) is 6.78. The summed E-state index contributed by atoms with van der Waals surface area (Å²) in [5.74, 6) is -0.375. The average molecular weight is 522 g/mol. The van der Waals surface area contributed by atoms with Gasteiger partial charge in [-0.05, 0) is 66.9 Å². The largest absolute Gasteiger partial charge is 0.378 e. The van der Waals surface area contributed by atoms with E-state index in [9.17, 15) is 9.59 Å². The molecule has 34 heavy (non-hydrogen) atoms. The molecular formula is C27H28BrN3O3. The van der Waals surface area contributed by atoms with Crippen LogP contribution in [0.3, 0.4) is 0 Å². The Balaban J connectivity index is 1.46. The van der Waals surface area contributed by atoms with Gasteiger partial charge >= 0.3 is 0 Å². The lowest BCUT2D eigenvalue weighted by Crippen LogP contribution is -2.36. The number of anilines is 3. The summed E-state index contributed by atoms with van der Waals surface area (Å²) in [6.45, 7) is 4.93. The normalized spacial score (nSPS) is 13.4. The fourth-order valence-corrected chi connectivity index (χ4v) is 4.33. The van der Waals surface area contributed by atoms with Crippen molar-refractivity contribution in [3.05, 3.63) is 89.0 Å². The molecule has 0 radical (unpaired) electrons. The summed E-state index contributed by atoms with van der Waals surface area (Å²) in [4.78, 5) is 28.0. The van der Waals surface area contributed by atoms with Crippen LogP contribution in [0, 0.1) is 6.92 Å². The van der Waals surface area contributed by atoms with Crippen molar-refractivity contribution in [3.63, 3.8) is 0 Å². The molecule has 0 atom stereocenters. The van der Waals surface area contributed by atoms with Gasteiger partial charge in [0.2, 0.25) is 0 Å². The van der Waals surface area contributed by atoms with Crippen molar-refractivity contribution < 1.29 is 14.3 Å². The molecule has 2 N–H and O–H groups in total. The van der Waals surface area contributed by atoms with Crippen LogP contribution in [0.4, 0.5) is 17.1 Å². The fraction of sp³-hybridized carbons (Fsp3) is 0.259. The van der Waals surface area contributed by atoms with E-state index >= 15 is 0 Å². The molecule has 0 unspecified atom stereocenters. The Bertz CT molecular complexity index is 1180. The lowest BCUT2D eigenvalue weighted by Gasteiger charge is -2.29. The SMILES string of the molecule is Cc1ccc(NC(=O)c2cccc(N3CCOCC3)c2)cc1NC(=O)c1cccc(CCBr)c1. The van der Waals surface area contributed by atoms with Crippen LogP contribution in [-0.2, 0) is 11.2 Å². The van der Waals surface area contributed by atoms with E-state index in [-0.39, 0.29) is 11.8 Å². The minimum Gasteiger partial charge on any atom is -0.378 e. The number of halogens is 1. The van der Waals surface area contributed by atoms with E-state index in [0.717, 1.165) is 41.7 Å². The zero-order chi connectivity index (χ0) is 23.9. The summed E-state index contributed by atoms with van der Waals surface area (Å²) in [6, 6.07) is 20.7. The Labute approximate surface area is 208 Å². The number of hydrogen-bond acceptors (Lipinski definition) is 4. The highest BCUT2D eigenvalue weighted by Crippen LogP contribution is 2.23. The molecule has 1 aliphatic heterocycles. The van der Waals surface area contributed by atoms with Crippen molar-refractivity contribution >= 4 is 44.8 Å². The second-order valence-corrected chi connectivity index (χ2v) is 9.02. The first-order chi connectivity index (χ1) is 16.5. The summed E-state index contributed by atoms with van der Waals surface area (Å²) >= 11 is 3.44. The molecule has 7 heteroatoms. The summed E-state index contributed by atoms with van der Waals surface area (Å²) in [7, 11) is 0. The van der Waals surface area contributed by atoms with E-state index < -0.39 is 0 Å². The predicted molar refractivity (Wildman–Crippen MR) is 140 cm³/mol. The molecule has 3 aromatic carbocycles. The molecular weight excluding hydrogens is 494 g/mol. The maximum atomic E-state index is 12.9. The Hall–Kier alpha value is -3.16. The van der Waals surface area contributed by atoms with Crippen molar-refractivity contribution in [2.75, 3.05) is 47.2 Å².